The fourth-order valence-electron chi connectivity index (χ4n) is 1.85. The van der Waals surface area contributed by atoms with Gasteiger partial charge in [0.15, 0.2) is 0 Å². The van der Waals surface area contributed by atoms with Crippen molar-refractivity contribution in [1.82, 2.24) is 0 Å². The third-order valence-corrected chi connectivity index (χ3v) is 3.95. The van der Waals surface area contributed by atoms with E-state index < -0.39 is 0 Å². The van der Waals surface area contributed by atoms with E-state index in [1.54, 1.807) is 0 Å². The lowest BCUT2D eigenvalue weighted by Gasteiger charge is -2.19. The number of rotatable bonds is 4. The van der Waals surface area contributed by atoms with Gasteiger partial charge in [-0.1, -0.05) is 39.7 Å². The third-order valence-electron chi connectivity index (χ3n) is 3.02. The summed E-state index contributed by atoms with van der Waals surface area (Å²) in [4.78, 5) is 0. The van der Waals surface area contributed by atoms with E-state index in [-0.39, 0.29) is 6.04 Å². The van der Waals surface area contributed by atoms with Crippen molar-refractivity contribution >= 4 is 33.2 Å². The van der Waals surface area contributed by atoms with Gasteiger partial charge in [-0.3, -0.25) is 0 Å². The fourth-order valence-corrected chi connectivity index (χ4v) is 2.30. The first kappa shape index (κ1) is 14.4. The third kappa shape index (κ3) is 3.72. The van der Waals surface area contributed by atoms with Crippen molar-refractivity contribution in [2.75, 3.05) is 11.9 Å². The van der Waals surface area contributed by atoms with Crippen molar-refractivity contribution in [2.45, 2.75) is 13.0 Å². The van der Waals surface area contributed by atoms with Gasteiger partial charge in [0.1, 0.15) is 0 Å². The Labute approximate surface area is 127 Å². The first-order valence-corrected chi connectivity index (χ1v) is 7.25. The molecule has 1 atom stereocenters. The zero-order valence-corrected chi connectivity index (χ0v) is 13.0. The number of aryl methyl sites for hydroxylation is 1. The van der Waals surface area contributed by atoms with Crippen LogP contribution in [-0.4, -0.2) is 6.54 Å². The highest BCUT2D eigenvalue weighted by Crippen LogP contribution is 2.24. The van der Waals surface area contributed by atoms with Crippen LogP contribution in [0, 0.1) is 6.92 Å². The fraction of sp³-hybridized carbons (Fsp3) is 0.200. The molecule has 0 bridgehead atoms. The minimum absolute atomic E-state index is 0.0549. The largest absolute Gasteiger partial charge is 0.377 e. The van der Waals surface area contributed by atoms with Crippen LogP contribution in [0.4, 0.5) is 5.69 Å². The smallest absolute Gasteiger partial charge is 0.0636 e. The van der Waals surface area contributed by atoms with E-state index in [1.165, 1.54) is 0 Å². The lowest BCUT2D eigenvalue weighted by atomic mass is 10.0. The molecular weight excluding hydrogens is 324 g/mol. The summed E-state index contributed by atoms with van der Waals surface area (Å²) in [6.45, 7) is 2.50. The molecule has 2 aromatic carbocycles. The predicted octanol–water partition coefficient (Wildman–Crippen LogP) is 4.52. The number of benzene rings is 2. The molecule has 0 saturated heterocycles. The monoisotopic (exact) mass is 338 g/mol. The topological polar surface area (TPSA) is 38.0 Å². The average molecular weight is 340 g/mol. The van der Waals surface area contributed by atoms with Crippen LogP contribution in [0.2, 0.25) is 5.02 Å². The van der Waals surface area contributed by atoms with Crippen LogP contribution < -0.4 is 11.1 Å². The van der Waals surface area contributed by atoms with Crippen molar-refractivity contribution in [2.24, 2.45) is 5.73 Å². The average Bonchev–Trinajstić information content (AvgIpc) is 2.41. The van der Waals surface area contributed by atoms with E-state index in [2.05, 4.69) is 27.3 Å². The summed E-state index contributed by atoms with van der Waals surface area (Å²) in [5.41, 5.74) is 9.07. The molecule has 0 saturated carbocycles. The second kappa shape index (κ2) is 6.42. The summed E-state index contributed by atoms with van der Waals surface area (Å²) in [5.74, 6) is 0. The van der Waals surface area contributed by atoms with Crippen LogP contribution in [0.5, 0.6) is 0 Å². The maximum atomic E-state index is 6.16. The number of nitrogens with one attached hydrogen (secondary N) is 1. The lowest BCUT2D eigenvalue weighted by molar-refractivity contribution is 0.790. The van der Waals surface area contributed by atoms with Crippen LogP contribution in [0.15, 0.2) is 46.9 Å². The summed E-state index contributed by atoms with van der Waals surface area (Å²) < 4.78 is 1.06. The van der Waals surface area contributed by atoms with Crippen LogP contribution in [0.3, 0.4) is 0 Å². The Morgan fingerprint density at radius 3 is 2.47 bits per heavy atom. The molecule has 0 aliphatic heterocycles. The van der Waals surface area contributed by atoms with Crippen LogP contribution in [-0.2, 0) is 0 Å². The quantitative estimate of drug-likeness (QED) is 0.859. The molecule has 0 amide bonds. The van der Waals surface area contributed by atoms with Gasteiger partial charge in [-0.25, -0.2) is 0 Å². The van der Waals surface area contributed by atoms with Crippen LogP contribution >= 0.6 is 27.5 Å². The highest BCUT2D eigenvalue weighted by molar-refractivity contribution is 9.10. The Balaban J connectivity index is 2.19. The van der Waals surface area contributed by atoms with Crippen molar-refractivity contribution in [3.63, 3.8) is 0 Å². The summed E-state index contributed by atoms with van der Waals surface area (Å²) >= 11 is 9.59. The van der Waals surface area contributed by atoms with Gasteiger partial charge in [0.05, 0.1) is 6.04 Å². The van der Waals surface area contributed by atoms with Gasteiger partial charge < -0.3 is 11.1 Å². The van der Waals surface area contributed by atoms with Gasteiger partial charge in [-0.05, 0) is 48.4 Å². The Bertz CT molecular complexity index is 555. The lowest BCUT2D eigenvalue weighted by Crippen LogP contribution is -2.20. The Morgan fingerprint density at radius 1 is 1.21 bits per heavy atom. The van der Waals surface area contributed by atoms with Crippen molar-refractivity contribution in [3.8, 4) is 0 Å². The number of hydrogen-bond donors (Lipinski definition) is 2. The molecule has 1 unspecified atom stereocenters. The highest BCUT2D eigenvalue weighted by atomic mass is 79.9. The van der Waals surface area contributed by atoms with Gasteiger partial charge in [0.2, 0.25) is 0 Å². The molecule has 2 nitrogen and oxygen atoms in total. The van der Waals surface area contributed by atoms with Crippen molar-refractivity contribution in [3.05, 3.63) is 63.1 Å². The van der Waals surface area contributed by atoms with Gasteiger partial charge in [0, 0.05) is 21.7 Å². The molecule has 19 heavy (non-hydrogen) atoms. The molecule has 3 N–H and O–H groups in total. The second-order valence-electron chi connectivity index (χ2n) is 4.45. The minimum atomic E-state index is 0.0549. The number of anilines is 1. The maximum Gasteiger partial charge on any atom is 0.0636 e. The molecule has 100 valence electrons. The molecule has 2 rings (SSSR count). The molecule has 0 aliphatic rings. The summed E-state index contributed by atoms with van der Waals surface area (Å²) in [7, 11) is 0. The van der Waals surface area contributed by atoms with Crippen molar-refractivity contribution in [1.29, 1.82) is 0 Å². The van der Waals surface area contributed by atoms with Gasteiger partial charge in [-0.2, -0.15) is 0 Å². The predicted molar refractivity (Wildman–Crippen MR) is 85.7 cm³/mol. The standard InChI is InChI=1S/C15H16BrClN2/c1-10-2-3-11(8-14(10)17)15(9-18)19-13-6-4-12(16)5-7-13/h2-8,15,19H,9,18H2,1H3. The number of nitrogens with two attached hydrogens (primary N) is 1. The van der Waals surface area contributed by atoms with E-state index in [9.17, 15) is 0 Å². The SMILES string of the molecule is Cc1ccc(C(CN)Nc2ccc(Br)cc2)cc1Cl. The highest BCUT2D eigenvalue weighted by Gasteiger charge is 2.10. The minimum Gasteiger partial charge on any atom is -0.377 e. The van der Waals surface area contributed by atoms with E-state index in [0.717, 1.165) is 26.3 Å². The van der Waals surface area contributed by atoms with E-state index in [1.807, 2.05) is 43.3 Å². The number of halogens is 2. The van der Waals surface area contributed by atoms with E-state index in [4.69, 9.17) is 17.3 Å². The van der Waals surface area contributed by atoms with Crippen molar-refractivity contribution < 1.29 is 0 Å². The molecule has 0 aromatic heterocycles. The second-order valence-corrected chi connectivity index (χ2v) is 5.77. The van der Waals surface area contributed by atoms with Gasteiger partial charge in [0.25, 0.3) is 0 Å². The molecule has 0 aliphatic carbocycles. The first-order chi connectivity index (χ1) is 9.10. The van der Waals surface area contributed by atoms with Crippen LogP contribution in [0.25, 0.3) is 0 Å². The van der Waals surface area contributed by atoms with E-state index >= 15 is 0 Å². The maximum absolute atomic E-state index is 6.16. The first-order valence-electron chi connectivity index (χ1n) is 6.08. The zero-order valence-electron chi connectivity index (χ0n) is 10.7. The molecule has 0 radical (unpaired) electrons. The number of hydrogen-bond acceptors (Lipinski definition) is 2. The Hall–Kier alpha value is -1.03. The Morgan fingerprint density at radius 2 is 1.89 bits per heavy atom. The molecule has 2 aromatic rings. The molecular formula is C15H16BrClN2. The summed E-state index contributed by atoms with van der Waals surface area (Å²) in [5, 5.41) is 4.19. The molecule has 0 heterocycles. The summed E-state index contributed by atoms with van der Waals surface area (Å²) in [6, 6.07) is 14.1. The molecule has 0 spiro atoms. The summed E-state index contributed by atoms with van der Waals surface area (Å²) in [6.07, 6.45) is 0. The Kier molecular flexibility index (Phi) is 4.86. The van der Waals surface area contributed by atoms with Gasteiger partial charge in [-0.15, -0.1) is 0 Å². The van der Waals surface area contributed by atoms with Gasteiger partial charge >= 0.3 is 0 Å². The molecule has 4 heteroatoms. The molecule has 0 fully saturated rings. The normalized spacial score (nSPS) is 12.2. The zero-order chi connectivity index (χ0) is 13.8. The van der Waals surface area contributed by atoms with Crippen LogP contribution in [0.1, 0.15) is 17.2 Å². The van der Waals surface area contributed by atoms with E-state index in [0.29, 0.717) is 6.54 Å².